The molecule has 2 aliphatic rings. The van der Waals surface area contributed by atoms with Crippen molar-refractivity contribution in [1.29, 1.82) is 0 Å². The number of aromatic nitrogens is 2. The molecule has 5 nitrogen and oxygen atoms in total. The predicted molar refractivity (Wildman–Crippen MR) is 98.5 cm³/mol. The minimum absolute atomic E-state index is 0.189. The van der Waals surface area contributed by atoms with Crippen molar-refractivity contribution in [1.82, 2.24) is 9.55 Å². The summed E-state index contributed by atoms with van der Waals surface area (Å²) in [6.07, 6.45) is 0.201. The van der Waals surface area contributed by atoms with E-state index in [1.807, 2.05) is 16.7 Å². The number of ether oxygens (including phenoxy) is 2. The molecule has 0 N–H and O–H groups in total. The fourth-order valence-corrected chi connectivity index (χ4v) is 4.38. The van der Waals surface area contributed by atoms with Crippen LogP contribution in [0.3, 0.4) is 0 Å². The van der Waals surface area contributed by atoms with Crippen molar-refractivity contribution >= 4 is 21.9 Å². The molecule has 2 heterocycles. The van der Waals surface area contributed by atoms with Crippen LogP contribution in [0, 0.1) is 0 Å². The van der Waals surface area contributed by atoms with E-state index in [1.54, 1.807) is 14.0 Å². The molecule has 2 aromatic rings. The third-order valence-corrected chi connectivity index (χ3v) is 5.79. The molecule has 1 aliphatic carbocycles. The predicted octanol–water partition coefficient (Wildman–Crippen LogP) is 4.57. The van der Waals surface area contributed by atoms with E-state index in [0.29, 0.717) is 24.4 Å². The minimum Gasteiger partial charge on any atom is -0.496 e. The van der Waals surface area contributed by atoms with E-state index in [-0.39, 0.29) is 31.2 Å². The van der Waals surface area contributed by atoms with Gasteiger partial charge in [-0.3, -0.25) is 0 Å². The summed E-state index contributed by atoms with van der Waals surface area (Å²) in [6.45, 7) is 2.50. The quantitative estimate of drug-likeness (QED) is 0.653. The number of imidazole rings is 1. The number of rotatable bonds is 4. The maximum atomic E-state index is 13.5. The summed E-state index contributed by atoms with van der Waals surface area (Å²) in [5.74, 6) is -2.65. The molecule has 1 aromatic heterocycles. The number of fused-ring (bicyclic) bond motifs is 3. The third-order valence-electron chi connectivity index (χ3n) is 5.17. The second-order valence-corrected chi connectivity index (χ2v) is 7.75. The van der Waals surface area contributed by atoms with E-state index < -0.39 is 11.9 Å². The highest BCUT2D eigenvalue weighted by molar-refractivity contribution is 9.10. The highest BCUT2D eigenvalue weighted by Gasteiger charge is 2.48. The van der Waals surface area contributed by atoms with Crippen LogP contribution in [0.5, 0.6) is 5.75 Å². The molecule has 0 unspecified atom stereocenters. The molecular weight excluding hydrogens is 422 g/mol. The maximum Gasteiger partial charge on any atom is 0.374 e. The number of hydrogen-bond donors (Lipinski definition) is 0. The number of esters is 1. The number of carbonyl (C=O) groups excluding carboxylic acids is 1. The Bertz CT molecular complexity index is 918. The molecular formula is C19H19BrF2N2O3. The molecule has 0 amide bonds. The standard InChI is InChI=1S/C19H19BrF2N2O3/c1-3-27-18(25)17-23-15(11-8-19(21,22)9-11)16-12-7-13(20)14(26-2)6-10(12)4-5-24(16)17/h6-7,11H,3-5,8-9H2,1-2H3. The zero-order valence-corrected chi connectivity index (χ0v) is 16.6. The number of aryl methyl sites for hydroxylation is 1. The van der Waals surface area contributed by atoms with E-state index in [4.69, 9.17) is 9.47 Å². The molecule has 4 rings (SSSR count). The van der Waals surface area contributed by atoms with E-state index in [1.165, 1.54) is 0 Å². The zero-order valence-electron chi connectivity index (χ0n) is 15.0. The molecule has 0 bridgehead atoms. The lowest BCUT2D eigenvalue weighted by molar-refractivity contribution is -0.0874. The number of nitrogens with zero attached hydrogens (tertiary/aromatic N) is 2. The lowest BCUT2D eigenvalue weighted by atomic mass is 9.77. The Morgan fingerprint density at radius 3 is 2.78 bits per heavy atom. The molecule has 1 saturated carbocycles. The summed E-state index contributed by atoms with van der Waals surface area (Å²) in [7, 11) is 1.60. The Balaban J connectivity index is 1.87. The molecule has 144 valence electrons. The van der Waals surface area contributed by atoms with Gasteiger partial charge in [0.15, 0.2) is 0 Å². The van der Waals surface area contributed by atoms with Crippen molar-refractivity contribution in [3.8, 4) is 17.0 Å². The van der Waals surface area contributed by atoms with Crippen LogP contribution in [0.25, 0.3) is 11.3 Å². The Kier molecular flexibility index (Phi) is 4.49. The first-order valence-corrected chi connectivity index (χ1v) is 9.66. The summed E-state index contributed by atoms with van der Waals surface area (Å²) in [4.78, 5) is 16.9. The van der Waals surface area contributed by atoms with Crippen molar-refractivity contribution in [3.05, 3.63) is 33.7 Å². The molecule has 1 fully saturated rings. The maximum absolute atomic E-state index is 13.5. The Morgan fingerprint density at radius 1 is 1.41 bits per heavy atom. The summed E-state index contributed by atoms with van der Waals surface area (Å²) in [6, 6.07) is 3.86. The number of hydrogen-bond acceptors (Lipinski definition) is 4. The van der Waals surface area contributed by atoms with Gasteiger partial charge in [0.05, 0.1) is 29.6 Å². The number of benzene rings is 1. The molecule has 0 radical (unpaired) electrons. The molecule has 0 atom stereocenters. The van der Waals surface area contributed by atoms with Crippen molar-refractivity contribution < 1.29 is 23.0 Å². The van der Waals surface area contributed by atoms with Crippen molar-refractivity contribution in [3.63, 3.8) is 0 Å². The van der Waals surface area contributed by atoms with Gasteiger partial charge >= 0.3 is 5.97 Å². The van der Waals surface area contributed by atoms with E-state index >= 15 is 0 Å². The lowest BCUT2D eigenvalue weighted by Gasteiger charge is -2.35. The SMILES string of the molecule is CCOC(=O)c1nc(C2CC(F)(F)C2)c2n1CCc1cc(OC)c(Br)cc1-2. The van der Waals surface area contributed by atoms with Gasteiger partial charge < -0.3 is 14.0 Å². The van der Waals surface area contributed by atoms with Gasteiger partial charge in [-0.15, -0.1) is 0 Å². The first kappa shape index (κ1) is 18.4. The third kappa shape index (κ3) is 3.03. The van der Waals surface area contributed by atoms with E-state index in [0.717, 1.165) is 21.3 Å². The lowest BCUT2D eigenvalue weighted by Crippen LogP contribution is -2.34. The zero-order chi connectivity index (χ0) is 19.3. The fourth-order valence-electron chi connectivity index (χ4n) is 3.87. The minimum atomic E-state index is -2.66. The molecule has 1 aliphatic heterocycles. The topological polar surface area (TPSA) is 53.3 Å². The van der Waals surface area contributed by atoms with Gasteiger partial charge in [0, 0.05) is 30.9 Å². The van der Waals surface area contributed by atoms with Crippen molar-refractivity contribution in [2.45, 2.75) is 44.6 Å². The van der Waals surface area contributed by atoms with Crippen molar-refractivity contribution in [2.75, 3.05) is 13.7 Å². The number of methoxy groups -OCH3 is 1. The van der Waals surface area contributed by atoms with Crippen LogP contribution in [0.1, 0.15) is 47.6 Å². The largest absolute Gasteiger partial charge is 0.496 e. The Morgan fingerprint density at radius 2 is 2.15 bits per heavy atom. The molecule has 0 saturated heterocycles. The van der Waals surface area contributed by atoms with E-state index in [2.05, 4.69) is 20.9 Å². The Hall–Kier alpha value is -1.96. The first-order chi connectivity index (χ1) is 12.8. The monoisotopic (exact) mass is 440 g/mol. The van der Waals surface area contributed by atoms with Gasteiger partial charge in [0.25, 0.3) is 0 Å². The molecule has 27 heavy (non-hydrogen) atoms. The van der Waals surface area contributed by atoms with Crippen molar-refractivity contribution in [2.24, 2.45) is 0 Å². The normalized spacial score (nSPS) is 17.7. The van der Waals surface area contributed by atoms with Crippen LogP contribution < -0.4 is 4.74 Å². The Labute approximate surface area is 163 Å². The number of halogens is 3. The number of carbonyl (C=O) groups is 1. The van der Waals surface area contributed by atoms with Gasteiger partial charge in [0.1, 0.15) is 5.75 Å². The molecule has 1 aromatic carbocycles. The van der Waals surface area contributed by atoms with Crippen LogP contribution in [0.2, 0.25) is 0 Å². The van der Waals surface area contributed by atoms with Gasteiger partial charge in [-0.05, 0) is 47.0 Å². The van der Waals surface area contributed by atoms with Crippen LogP contribution >= 0.6 is 15.9 Å². The summed E-state index contributed by atoms with van der Waals surface area (Å²) >= 11 is 3.49. The van der Waals surface area contributed by atoms with Gasteiger partial charge in [-0.1, -0.05) is 0 Å². The van der Waals surface area contributed by atoms with Crippen LogP contribution in [-0.2, 0) is 17.7 Å². The van der Waals surface area contributed by atoms with Crippen LogP contribution in [-0.4, -0.2) is 35.2 Å². The highest BCUT2D eigenvalue weighted by Crippen LogP contribution is 2.51. The van der Waals surface area contributed by atoms with Gasteiger partial charge in [-0.25, -0.2) is 18.6 Å². The van der Waals surface area contributed by atoms with Gasteiger partial charge in [-0.2, -0.15) is 0 Å². The van der Waals surface area contributed by atoms with Crippen LogP contribution in [0.4, 0.5) is 8.78 Å². The number of alkyl halides is 2. The smallest absolute Gasteiger partial charge is 0.374 e. The summed E-state index contributed by atoms with van der Waals surface area (Å²) in [5, 5.41) is 0. The molecule has 0 spiro atoms. The highest BCUT2D eigenvalue weighted by atomic mass is 79.9. The van der Waals surface area contributed by atoms with Crippen LogP contribution in [0.15, 0.2) is 16.6 Å². The average Bonchev–Trinajstić information content (AvgIpc) is 2.99. The first-order valence-electron chi connectivity index (χ1n) is 8.86. The average molecular weight is 441 g/mol. The fraction of sp³-hybridized carbons (Fsp3) is 0.474. The summed E-state index contributed by atoms with van der Waals surface area (Å²) < 4.78 is 40.1. The molecule has 8 heteroatoms. The second kappa shape index (κ2) is 6.58. The second-order valence-electron chi connectivity index (χ2n) is 6.90. The van der Waals surface area contributed by atoms with Gasteiger partial charge in [0.2, 0.25) is 11.7 Å². The summed E-state index contributed by atoms with van der Waals surface area (Å²) in [5.41, 5.74) is 3.23. The van der Waals surface area contributed by atoms with E-state index in [9.17, 15) is 13.6 Å².